The van der Waals surface area contributed by atoms with Gasteiger partial charge in [-0.25, -0.2) is 10.1 Å². The molecule has 33 heavy (non-hydrogen) atoms. The molecule has 0 unspecified atom stereocenters. The Bertz CT molecular complexity index is 1380. The molecule has 2 heterocycles. The lowest BCUT2D eigenvalue weighted by Gasteiger charge is -2.08. The highest BCUT2D eigenvalue weighted by atomic mass is 16.6. The van der Waals surface area contributed by atoms with Gasteiger partial charge in [0.2, 0.25) is 11.6 Å². The van der Waals surface area contributed by atoms with Crippen LogP contribution >= 0.6 is 0 Å². The van der Waals surface area contributed by atoms with Gasteiger partial charge in [-0.3, -0.25) is 4.79 Å². The molecule has 3 N–H and O–H groups in total. The third kappa shape index (κ3) is 4.23. The monoisotopic (exact) mass is 443 g/mol. The van der Waals surface area contributed by atoms with E-state index < -0.39 is 5.91 Å². The summed E-state index contributed by atoms with van der Waals surface area (Å²) in [5.74, 6) is 0.0111. The molecule has 12 heteroatoms. The van der Waals surface area contributed by atoms with E-state index in [1.807, 2.05) is 0 Å². The van der Waals surface area contributed by atoms with Gasteiger partial charge in [0.1, 0.15) is 11.4 Å². The Balaban J connectivity index is 1.71. The maximum atomic E-state index is 13.0. The number of nitrogens with two attached hydrogens (primary N) is 1. The Morgan fingerprint density at radius 2 is 2.03 bits per heavy atom. The third-order valence-corrected chi connectivity index (χ3v) is 4.68. The van der Waals surface area contributed by atoms with Crippen LogP contribution in [0.3, 0.4) is 0 Å². The molecule has 1 amide bonds. The maximum Gasteiger partial charge on any atom is 0.294 e. The van der Waals surface area contributed by atoms with Crippen LogP contribution in [0.4, 0.5) is 5.82 Å². The molecule has 0 aliphatic heterocycles. The van der Waals surface area contributed by atoms with E-state index in [4.69, 9.17) is 15.7 Å². The lowest BCUT2D eigenvalue weighted by Crippen LogP contribution is -2.21. The van der Waals surface area contributed by atoms with Gasteiger partial charge in [-0.1, -0.05) is 29.5 Å². The fourth-order valence-corrected chi connectivity index (χ4v) is 2.99. The van der Waals surface area contributed by atoms with Crippen molar-refractivity contribution >= 4 is 17.4 Å². The van der Waals surface area contributed by atoms with Crippen LogP contribution in [0.25, 0.3) is 17.1 Å². The Kier molecular flexibility index (Phi) is 5.77. The summed E-state index contributed by atoms with van der Waals surface area (Å²) < 4.78 is 11.2. The van der Waals surface area contributed by atoms with Gasteiger partial charge in [-0.2, -0.15) is 15.0 Å². The molecule has 0 saturated heterocycles. The number of hydrogen-bond acceptors (Lipinski definition) is 10. The standard InChI is InChI=1S/C21H17N9O3/c1-12(14-8-6-13(11-22)7-9-14)24-26-21(31)17-18(15-4-3-5-16(10-15)32-2)30(29-25-17)20-19(23)27-33-28-20/h3-10H,1-2H3,(H2,23,27)(H,26,31)/b24-12-. The zero-order valence-electron chi connectivity index (χ0n) is 17.6. The van der Waals surface area contributed by atoms with Crippen molar-refractivity contribution in [3.63, 3.8) is 0 Å². The summed E-state index contributed by atoms with van der Waals surface area (Å²) in [6.45, 7) is 1.73. The van der Waals surface area contributed by atoms with Crippen molar-refractivity contribution < 1.29 is 14.2 Å². The number of nitrogens with one attached hydrogen (secondary N) is 1. The van der Waals surface area contributed by atoms with Crippen LogP contribution in [0.15, 0.2) is 58.3 Å². The summed E-state index contributed by atoms with van der Waals surface area (Å²) in [4.78, 5) is 13.0. The third-order valence-electron chi connectivity index (χ3n) is 4.68. The number of carbonyl (C=O) groups is 1. The molecule has 164 valence electrons. The summed E-state index contributed by atoms with van der Waals surface area (Å²) in [5.41, 5.74) is 10.9. The predicted octanol–water partition coefficient (Wildman–Crippen LogP) is 1.93. The first-order chi connectivity index (χ1) is 16.0. The number of hydrogen-bond donors (Lipinski definition) is 2. The molecule has 0 fully saturated rings. The molecule has 0 aliphatic carbocycles. The second-order valence-electron chi connectivity index (χ2n) is 6.73. The number of rotatable bonds is 6. The number of nitrogens with zero attached hydrogens (tertiary/aromatic N) is 7. The number of carbonyl (C=O) groups excluding carboxylic acids is 1. The molecular weight excluding hydrogens is 426 g/mol. The van der Waals surface area contributed by atoms with Crippen LogP contribution in [0, 0.1) is 11.3 Å². The molecule has 0 saturated carbocycles. The molecule has 2 aromatic heterocycles. The average Bonchev–Trinajstić information content (AvgIpc) is 3.48. The Labute approximate surface area is 187 Å². The summed E-state index contributed by atoms with van der Waals surface area (Å²) in [6.07, 6.45) is 0. The van der Waals surface area contributed by atoms with E-state index in [0.717, 1.165) is 5.56 Å². The van der Waals surface area contributed by atoms with E-state index in [1.54, 1.807) is 55.5 Å². The van der Waals surface area contributed by atoms with Gasteiger partial charge in [0.05, 0.1) is 24.5 Å². The normalized spacial score (nSPS) is 11.1. The van der Waals surface area contributed by atoms with Crippen molar-refractivity contribution in [2.45, 2.75) is 6.92 Å². The van der Waals surface area contributed by atoms with Crippen LogP contribution in [0.5, 0.6) is 5.75 Å². The van der Waals surface area contributed by atoms with Gasteiger partial charge in [0.15, 0.2) is 5.69 Å². The second kappa shape index (κ2) is 8.98. The minimum absolute atomic E-state index is 0.0225. The quantitative estimate of drug-likeness (QED) is 0.334. The lowest BCUT2D eigenvalue weighted by molar-refractivity contribution is 0.0950. The fraction of sp³-hybridized carbons (Fsp3) is 0.0952. The number of benzene rings is 2. The van der Waals surface area contributed by atoms with Crippen molar-refractivity contribution in [3.8, 4) is 28.9 Å². The number of aromatic nitrogens is 5. The number of amides is 1. The summed E-state index contributed by atoms with van der Waals surface area (Å²) in [7, 11) is 1.53. The van der Waals surface area contributed by atoms with Crippen LogP contribution in [-0.4, -0.2) is 44.0 Å². The van der Waals surface area contributed by atoms with E-state index >= 15 is 0 Å². The summed E-state index contributed by atoms with van der Waals surface area (Å²) >= 11 is 0. The Morgan fingerprint density at radius 1 is 1.24 bits per heavy atom. The zero-order valence-corrected chi connectivity index (χ0v) is 17.6. The number of anilines is 1. The highest BCUT2D eigenvalue weighted by Gasteiger charge is 2.25. The van der Waals surface area contributed by atoms with Gasteiger partial charge in [0.25, 0.3) is 5.91 Å². The summed E-state index contributed by atoms with van der Waals surface area (Å²) in [5, 5.41) is 28.4. The highest BCUT2D eigenvalue weighted by Crippen LogP contribution is 2.29. The Morgan fingerprint density at radius 3 is 2.70 bits per heavy atom. The van der Waals surface area contributed by atoms with Crippen LogP contribution in [0.1, 0.15) is 28.5 Å². The number of nitriles is 1. The van der Waals surface area contributed by atoms with Gasteiger partial charge < -0.3 is 10.5 Å². The van der Waals surface area contributed by atoms with E-state index in [0.29, 0.717) is 28.3 Å². The largest absolute Gasteiger partial charge is 0.497 e. The van der Waals surface area contributed by atoms with Gasteiger partial charge in [0, 0.05) is 5.56 Å². The first-order valence-corrected chi connectivity index (χ1v) is 9.55. The Hall–Kier alpha value is -5.05. The SMILES string of the molecule is COc1cccc(-c2c(C(=O)N/N=C(/C)c3ccc(C#N)cc3)nnn2-c2nonc2N)c1. The first-order valence-electron chi connectivity index (χ1n) is 9.55. The lowest BCUT2D eigenvalue weighted by atomic mass is 10.1. The van der Waals surface area contributed by atoms with E-state index in [-0.39, 0.29) is 17.3 Å². The smallest absolute Gasteiger partial charge is 0.294 e. The van der Waals surface area contributed by atoms with Crippen molar-refractivity contribution in [1.82, 2.24) is 30.7 Å². The second-order valence-corrected chi connectivity index (χ2v) is 6.73. The van der Waals surface area contributed by atoms with E-state index in [1.165, 1.54) is 11.8 Å². The number of ether oxygens (including phenoxy) is 1. The number of nitrogen functional groups attached to an aromatic ring is 1. The van der Waals surface area contributed by atoms with Crippen LogP contribution < -0.4 is 15.9 Å². The number of methoxy groups -OCH3 is 1. The number of hydrazone groups is 1. The predicted molar refractivity (Wildman–Crippen MR) is 116 cm³/mol. The highest BCUT2D eigenvalue weighted by molar-refractivity contribution is 6.02. The molecule has 2 aromatic carbocycles. The van der Waals surface area contributed by atoms with Crippen molar-refractivity contribution in [3.05, 3.63) is 65.4 Å². The van der Waals surface area contributed by atoms with Gasteiger partial charge in [-0.15, -0.1) is 5.10 Å². The van der Waals surface area contributed by atoms with Gasteiger partial charge in [-0.05, 0) is 47.1 Å². The minimum atomic E-state index is -0.609. The molecule has 0 bridgehead atoms. The molecular formula is C21H17N9O3. The van der Waals surface area contributed by atoms with E-state index in [2.05, 4.69) is 41.9 Å². The zero-order chi connectivity index (χ0) is 23.4. The maximum absolute atomic E-state index is 13.0. The first kappa shape index (κ1) is 21.2. The molecule has 0 atom stereocenters. The average molecular weight is 443 g/mol. The van der Waals surface area contributed by atoms with Gasteiger partial charge >= 0.3 is 0 Å². The van der Waals surface area contributed by atoms with Crippen molar-refractivity contribution in [2.24, 2.45) is 5.10 Å². The van der Waals surface area contributed by atoms with Crippen LogP contribution in [0.2, 0.25) is 0 Å². The van der Waals surface area contributed by atoms with Crippen molar-refractivity contribution in [1.29, 1.82) is 5.26 Å². The molecule has 4 aromatic rings. The molecule has 0 spiro atoms. The summed E-state index contributed by atoms with van der Waals surface area (Å²) in [6, 6.07) is 15.8. The fourth-order valence-electron chi connectivity index (χ4n) is 2.99. The molecule has 4 rings (SSSR count). The van der Waals surface area contributed by atoms with Crippen LogP contribution in [-0.2, 0) is 0 Å². The molecule has 0 radical (unpaired) electrons. The topological polar surface area (TPSA) is 170 Å². The minimum Gasteiger partial charge on any atom is -0.497 e. The van der Waals surface area contributed by atoms with Crippen molar-refractivity contribution in [2.75, 3.05) is 12.8 Å². The molecule has 0 aliphatic rings. The van der Waals surface area contributed by atoms with E-state index in [9.17, 15) is 4.79 Å². The molecule has 12 nitrogen and oxygen atoms in total.